The van der Waals surface area contributed by atoms with Crippen LogP contribution in [0.4, 0.5) is 0 Å². The van der Waals surface area contributed by atoms with Crippen LogP contribution in [0.2, 0.25) is 0 Å². The van der Waals surface area contributed by atoms with Crippen molar-refractivity contribution in [3.63, 3.8) is 0 Å². The monoisotopic (exact) mass is 241 g/mol. The minimum atomic E-state index is -0.706. The quantitative estimate of drug-likeness (QED) is 0.644. The zero-order valence-corrected chi connectivity index (χ0v) is 10.9. The fraction of sp³-hybridized carbons (Fsp3) is 0.750. The first-order chi connectivity index (χ1) is 8.05. The smallest absolute Gasteiger partial charge is 0.0765 e. The molecule has 2 N–H and O–H groups in total. The van der Waals surface area contributed by atoms with Gasteiger partial charge in [0.2, 0.25) is 0 Å². The number of hydrogen-bond donors (Lipinski definition) is 2. The number of aliphatic hydroxyl groups is 1. The van der Waals surface area contributed by atoms with Gasteiger partial charge in [0.1, 0.15) is 0 Å². The van der Waals surface area contributed by atoms with Crippen LogP contribution >= 0.6 is 0 Å². The molecule has 98 valence electrons. The van der Waals surface area contributed by atoms with Gasteiger partial charge in [-0.2, -0.15) is 5.10 Å². The molecule has 0 saturated heterocycles. The van der Waals surface area contributed by atoms with Crippen molar-refractivity contribution in [2.45, 2.75) is 25.4 Å². The molecule has 0 fully saturated rings. The maximum Gasteiger partial charge on any atom is 0.0765 e. The summed E-state index contributed by atoms with van der Waals surface area (Å²) in [6, 6.07) is 2.00. The molecule has 1 rings (SSSR count). The predicted octanol–water partition coefficient (Wildman–Crippen LogP) is 0.340. The van der Waals surface area contributed by atoms with E-state index in [0.717, 1.165) is 13.0 Å². The summed E-state index contributed by atoms with van der Waals surface area (Å²) in [7, 11) is 3.58. The van der Waals surface area contributed by atoms with E-state index in [1.54, 1.807) is 13.3 Å². The van der Waals surface area contributed by atoms with Crippen molar-refractivity contribution in [2.24, 2.45) is 7.05 Å². The number of hydrogen-bond acceptors (Lipinski definition) is 4. The third-order valence-electron chi connectivity index (χ3n) is 2.83. The molecule has 0 spiro atoms. The van der Waals surface area contributed by atoms with Crippen LogP contribution in [0.25, 0.3) is 0 Å². The average Bonchev–Trinajstić information content (AvgIpc) is 2.68. The van der Waals surface area contributed by atoms with E-state index < -0.39 is 5.60 Å². The van der Waals surface area contributed by atoms with Gasteiger partial charge in [0, 0.05) is 58.6 Å². The van der Waals surface area contributed by atoms with Gasteiger partial charge in [0.05, 0.1) is 5.60 Å². The predicted molar refractivity (Wildman–Crippen MR) is 66.9 cm³/mol. The van der Waals surface area contributed by atoms with Crippen LogP contribution in [0.3, 0.4) is 0 Å². The lowest BCUT2D eigenvalue weighted by atomic mass is 10.0. The summed E-state index contributed by atoms with van der Waals surface area (Å²) in [5, 5.41) is 17.4. The maximum absolute atomic E-state index is 10.00. The summed E-state index contributed by atoms with van der Waals surface area (Å²) < 4.78 is 6.83. The maximum atomic E-state index is 10.00. The highest BCUT2D eigenvalue weighted by Crippen LogP contribution is 2.07. The highest BCUT2D eigenvalue weighted by Gasteiger charge is 2.18. The first kappa shape index (κ1) is 14.2. The van der Waals surface area contributed by atoms with Gasteiger partial charge in [-0.25, -0.2) is 0 Å². The Morgan fingerprint density at radius 1 is 1.59 bits per heavy atom. The molecular formula is C12H23N3O2. The van der Waals surface area contributed by atoms with Gasteiger partial charge < -0.3 is 15.2 Å². The molecule has 0 radical (unpaired) electrons. The number of aryl methyl sites for hydroxylation is 1. The Hall–Kier alpha value is -0.910. The van der Waals surface area contributed by atoms with E-state index in [2.05, 4.69) is 10.4 Å². The van der Waals surface area contributed by atoms with E-state index in [9.17, 15) is 5.11 Å². The van der Waals surface area contributed by atoms with E-state index in [1.807, 2.05) is 24.7 Å². The Morgan fingerprint density at radius 2 is 2.35 bits per heavy atom. The van der Waals surface area contributed by atoms with Crippen LogP contribution in [-0.2, 0) is 18.2 Å². The van der Waals surface area contributed by atoms with E-state index >= 15 is 0 Å². The molecule has 5 nitrogen and oxygen atoms in total. The minimum Gasteiger partial charge on any atom is -0.389 e. The van der Waals surface area contributed by atoms with E-state index in [-0.39, 0.29) is 0 Å². The Labute approximate surface area is 103 Å². The average molecular weight is 241 g/mol. The fourth-order valence-corrected chi connectivity index (χ4v) is 1.63. The van der Waals surface area contributed by atoms with Crippen molar-refractivity contribution >= 4 is 0 Å². The van der Waals surface area contributed by atoms with E-state index in [4.69, 9.17) is 4.74 Å². The Kier molecular flexibility index (Phi) is 5.61. The standard InChI is InChI=1S/C12H23N3O2/c1-12(16,6-9-17-3)10-13-7-4-11-5-8-14-15(11)2/h5,8,13,16H,4,6-7,9-10H2,1-3H3. The van der Waals surface area contributed by atoms with Gasteiger partial charge in [-0.05, 0) is 13.0 Å². The highest BCUT2D eigenvalue weighted by atomic mass is 16.5. The second-order valence-electron chi connectivity index (χ2n) is 4.61. The number of ether oxygens (including phenoxy) is 1. The molecule has 1 aromatic rings. The molecule has 17 heavy (non-hydrogen) atoms. The van der Waals surface area contributed by atoms with Crippen LogP contribution in [0, 0.1) is 0 Å². The van der Waals surface area contributed by atoms with Gasteiger partial charge in [-0.3, -0.25) is 4.68 Å². The number of rotatable bonds is 8. The van der Waals surface area contributed by atoms with Crippen LogP contribution in [0.15, 0.2) is 12.3 Å². The lowest BCUT2D eigenvalue weighted by Gasteiger charge is -2.23. The molecule has 0 aromatic carbocycles. The molecule has 0 aliphatic rings. The Bertz CT molecular complexity index is 323. The SMILES string of the molecule is COCCC(C)(O)CNCCc1ccnn1C. The lowest BCUT2D eigenvalue weighted by molar-refractivity contribution is 0.0252. The summed E-state index contributed by atoms with van der Waals surface area (Å²) in [6.07, 6.45) is 3.35. The second-order valence-corrected chi connectivity index (χ2v) is 4.61. The molecule has 0 amide bonds. The number of nitrogens with one attached hydrogen (secondary N) is 1. The van der Waals surface area contributed by atoms with Gasteiger partial charge in [0.25, 0.3) is 0 Å². The summed E-state index contributed by atoms with van der Waals surface area (Å²) in [6.45, 7) is 3.82. The van der Waals surface area contributed by atoms with Crippen molar-refractivity contribution in [1.82, 2.24) is 15.1 Å². The van der Waals surface area contributed by atoms with Gasteiger partial charge >= 0.3 is 0 Å². The van der Waals surface area contributed by atoms with E-state index in [0.29, 0.717) is 19.6 Å². The molecular weight excluding hydrogens is 218 g/mol. The van der Waals surface area contributed by atoms with Crippen LogP contribution in [0.1, 0.15) is 19.0 Å². The summed E-state index contributed by atoms with van der Waals surface area (Å²) in [4.78, 5) is 0. The highest BCUT2D eigenvalue weighted by molar-refractivity contribution is 5.00. The van der Waals surface area contributed by atoms with Gasteiger partial charge in [-0.1, -0.05) is 0 Å². The normalized spacial score (nSPS) is 14.8. The lowest BCUT2D eigenvalue weighted by Crippen LogP contribution is -2.39. The molecule has 1 unspecified atom stereocenters. The van der Waals surface area contributed by atoms with Crippen molar-refractivity contribution in [2.75, 3.05) is 26.8 Å². The van der Waals surface area contributed by atoms with Crippen molar-refractivity contribution in [3.8, 4) is 0 Å². The van der Waals surface area contributed by atoms with Crippen molar-refractivity contribution in [3.05, 3.63) is 18.0 Å². The molecule has 0 aliphatic carbocycles. The third kappa shape index (κ3) is 5.30. The third-order valence-corrected chi connectivity index (χ3v) is 2.83. The number of aromatic nitrogens is 2. The Balaban J connectivity index is 2.17. The van der Waals surface area contributed by atoms with Crippen LogP contribution in [-0.4, -0.2) is 47.3 Å². The van der Waals surface area contributed by atoms with E-state index in [1.165, 1.54) is 5.69 Å². The molecule has 0 saturated carbocycles. The van der Waals surface area contributed by atoms with Crippen LogP contribution in [0.5, 0.6) is 0 Å². The molecule has 1 aromatic heterocycles. The molecule has 0 aliphatic heterocycles. The molecule has 1 atom stereocenters. The zero-order chi connectivity index (χ0) is 12.7. The molecule has 1 heterocycles. The molecule has 5 heteroatoms. The summed E-state index contributed by atoms with van der Waals surface area (Å²) in [5.74, 6) is 0. The van der Waals surface area contributed by atoms with Crippen LogP contribution < -0.4 is 5.32 Å². The minimum absolute atomic E-state index is 0.578. The van der Waals surface area contributed by atoms with Gasteiger partial charge in [-0.15, -0.1) is 0 Å². The fourth-order valence-electron chi connectivity index (χ4n) is 1.63. The Morgan fingerprint density at radius 3 is 2.94 bits per heavy atom. The zero-order valence-electron chi connectivity index (χ0n) is 10.9. The van der Waals surface area contributed by atoms with Crippen molar-refractivity contribution in [1.29, 1.82) is 0 Å². The summed E-state index contributed by atoms with van der Waals surface area (Å²) >= 11 is 0. The first-order valence-corrected chi connectivity index (χ1v) is 5.94. The van der Waals surface area contributed by atoms with Gasteiger partial charge in [0.15, 0.2) is 0 Å². The first-order valence-electron chi connectivity index (χ1n) is 5.94. The largest absolute Gasteiger partial charge is 0.389 e. The topological polar surface area (TPSA) is 59.3 Å². The number of nitrogens with zero attached hydrogens (tertiary/aromatic N) is 2. The summed E-state index contributed by atoms with van der Waals surface area (Å²) in [5.41, 5.74) is 0.483. The van der Waals surface area contributed by atoms with Crippen molar-refractivity contribution < 1.29 is 9.84 Å². The number of methoxy groups -OCH3 is 1. The molecule has 0 bridgehead atoms. The second kappa shape index (κ2) is 6.74.